The van der Waals surface area contributed by atoms with Gasteiger partial charge < -0.3 is 4.98 Å². The maximum Gasteiger partial charge on any atom is 0.137 e. The summed E-state index contributed by atoms with van der Waals surface area (Å²) in [5.41, 5.74) is 7.17. The molecule has 0 saturated heterocycles. The minimum atomic E-state index is 0.851. The fraction of sp³-hybridized carbons (Fsp3) is 0.182. The largest absolute Gasteiger partial charge is 0.346 e. The van der Waals surface area contributed by atoms with Gasteiger partial charge in [0.05, 0.1) is 0 Å². The van der Waals surface area contributed by atoms with Crippen molar-refractivity contribution in [1.29, 1.82) is 0 Å². The molecule has 3 aromatic heterocycles. The van der Waals surface area contributed by atoms with Gasteiger partial charge in [-0.15, -0.1) is 0 Å². The maximum absolute atomic E-state index is 4.65. The monoisotopic (exact) mass is 405 g/mol. The average molecular weight is 406 g/mol. The SMILES string of the molecule is Cc1ccc(CCc2ccc(Cc3c[nH]c4ncc(Br)cc34)cn2)cc1. The summed E-state index contributed by atoms with van der Waals surface area (Å²) in [7, 11) is 0. The standard InChI is InChI=1S/C22H20BrN3/c1-15-2-4-16(5-3-15)6-8-20-9-7-17(12-24-20)10-18-13-25-22-21(18)11-19(23)14-26-22/h2-5,7,9,11-14H,6,8,10H2,1H3,(H,25,26). The lowest BCUT2D eigenvalue weighted by molar-refractivity contribution is 0.907. The molecule has 0 amide bonds. The number of nitrogens with one attached hydrogen (secondary N) is 1. The molecule has 0 aliphatic carbocycles. The number of aromatic nitrogens is 3. The molecule has 3 nitrogen and oxygen atoms in total. The molecule has 0 radical (unpaired) electrons. The minimum Gasteiger partial charge on any atom is -0.346 e. The van der Waals surface area contributed by atoms with Crippen LogP contribution in [0.4, 0.5) is 0 Å². The van der Waals surface area contributed by atoms with Crippen LogP contribution in [0.1, 0.15) is 27.9 Å². The van der Waals surface area contributed by atoms with Crippen molar-refractivity contribution in [3.05, 3.63) is 93.5 Å². The summed E-state index contributed by atoms with van der Waals surface area (Å²) in [6, 6.07) is 15.2. The smallest absolute Gasteiger partial charge is 0.137 e. The molecule has 1 aromatic carbocycles. The van der Waals surface area contributed by atoms with E-state index in [1.54, 1.807) is 0 Å². The van der Waals surface area contributed by atoms with E-state index in [0.29, 0.717) is 0 Å². The molecular weight excluding hydrogens is 386 g/mol. The van der Waals surface area contributed by atoms with Crippen LogP contribution >= 0.6 is 15.9 Å². The van der Waals surface area contributed by atoms with Crippen molar-refractivity contribution < 1.29 is 0 Å². The fourth-order valence-corrected chi connectivity index (χ4v) is 3.46. The third-order valence-electron chi connectivity index (χ3n) is 4.65. The lowest BCUT2D eigenvalue weighted by Crippen LogP contribution is -1.96. The number of rotatable bonds is 5. The Morgan fingerprint density at radius 3 is 2.50 bits per heavy atom. The molecule has 4 heteroatoms. The average Bonchev–Trinajstić information content (AvgIpc) is 3.04. The predicted molar refractivity (Wildman–Crippen MR) is 109 cm³/mol. The molecule has 130 valence electrons. The Labute approximate surface area is 161 Å². The molecular formula is C22H20BrN3. The molecule has 0 aliphatic heterocycles. The highest BCUT2D eigenvalue weighted by Gasteiger charge is 2.07. The van der Waals surface area contributed by atoms with Crippen molar-refractivity contribution in [2.45, 2.75) is 26.2 Å². The number of hydrogen-bond acceptors (Lipinski definition) is 2. The first-order chi connectivity index (χ1) is 12.7. The zero-order chi connectivity index (χ0) is 17.9. The van der Waals surface area contributed by atoms with Crippen LogP contribution in [-0.4, -0.2) is 15.0 Å². The summed E-state index contributed by atoms with van der Waals surface area (Å²) in [4.78, 5) is 12.3. The fourth-order valence-electron chi connectivity index (χ4n) is 3.13. The molecule has 4 aromatic rings. The third kappa shape index (κ3) is 3.86. The number of pyridine rings is 2. The van der Waals surface area contributed by atoms with Crippen molar-refractivity contribution >= 4 is 27.0 Å². The van der Waals surface area contributed by atoms with Gasteiger partial charge in [0.2, 0.25) is 0 Å². The second kappa shape index (κ2) is 7.42. The van der Waals surface area contributed by atoms with E-state index in [0.717, 1.165) is 40.5 Å². The number of fused-ring (bicyclic) bond motifs is 1. The van der Waals surface area contributed by atoms with Gasteiger partial charge in [0.25, 0.3) is 0 Å². The van der Waals surface area contributed by atoms with E-state index < -0.39 is 0 Å². The van der Waals surface area contributed by atoms with E-state index in [1.807, 2.05) is 18.6 Å². The molecule has 3 heterocycles. The van der Waals surface area contributed by atoms with Crippen LogP contribution in [0.15, 0.2) is 65.5 Å². The lowest BCUT2D eigenvalue weighted by atomic mass is 10.0. The van der Waals surface area contributed by atoms with Crippen LogP contribution in [-0.2, 0) is 19.3 Å². The first-order valence-electron chi connectivity index (χ1n) is 8.78. The molecule has 0 unspecified atom stereocenters. The Kier molecular flexibility index (Phi) is 4.85. The van der Waals surface area contributed by atoms with E-state index in [-0.39, 0.29) is 0 Å². The second-order valence-corrected chi connectivity index (χ2v) is 7.60. The molecule has 0 atom stereocenters. The van der Waals surface area contributed by atoms with E-state index in [1.165, 1.54) is 22.3 Å². The first-order valence-corrected chi connectivity index (χ1v) is 9.57. The van der Waals surface area contributed by atoms with Crippen LogP contribution in [0, 0.1) is 6.92 Å². The molecule has 0 spiro atoms. The Bertz CT molecular complexity index is 1020. The summed E-state index contributed by atoms with van der Waals surface area (Å²) < 4.78 is 0.996. The van der Waals surface area contributed by atoms with E-state index in [2.05, 4.69) is 80.3 Å². The topological polar surface area (TPSA) is 41.6 Å². The van der Waals surface area contributed by atoms with Crippen LogP contribution in [0.25, 0.3) is 11.0 Å². The molecule has 0 fully saturated rings. The van der Waals surface area contributed by atoms with Gasteiger partial charge in [-0.05, 0) is 64.5 Å². The summed E-state index contributed by atoms with van der Waals surface area (Å²) >= 11 is 3.50. The number of hydrogen-bond donors (Lipinski definition) is 1. The summed E-state index contributed by atoms with van der Waals surface area (Å²) in [5, 5.41) is 1.16. The highest BCUT2D eigenvalue weighted by Crippen LogP contribution is 2.22. The first kappa shape index (κ1) is 17.0. The number of nitrogens with zero attached hydrogens (tertiary/aromatic N) is 2. The molecule has 1 N–H and O–H groups in total. The number of benzene rings is 1. The highest BCUT2D eigenvalue weighted by molar-refractivity contribution is 9.10. The van der Waals surface area contributed by atoms with Crippen molar-refractivity contribution in [3.8, 4) is 0 Å². The van der Waals surface area contributed by atoms with Gasteiger partial charge in [0.15, 0.2) is 0 Å². The van der Waals surface area contributed by atoms with Crippen molar-refractivity contribution in [2.24, 2.45) is 0 Å². The molecule has 4 rings (SSSR count). The van der Waals surface area contributed by atoms with Crippen LogP contribution in [0.3, 0.4) is 0 Å². The van der Waals surface area contributed by atoms with E-state index in [9.17, 15) is 0 Å². The normalized spacial score (nSPS) is 11.2. The van der Waals surface area contributed by atoms with Crippen molar-refractivity contribution in [1.82, 2.24) is 15.0 Å². The summed E-state index contributed by atoms with van der Waals surface area (Å²) in [5.74, 6) is 0. The van der Waals surface area contributed by atoms with Gasteiger partial charge in [-0.25, -0.2) is 4.98 Å². The van der Waals surface area contributed by atoms with Gasteiger partial charge in [-0.3, -0.25) is 4.98 Å². The van der Waals surface area contributed by atoms with Crippen LogP contribution < -0.4 is 0 Å². The zero-order valence-electron chi connectivity index (χ0n) is 14.7. The second-order valence-electron chi connectivity index (χ2n) is 6.68. The van der Waals surface area contributed by atoms with E-state index in [4.69, 9.17) is 0 Å². The number of H-pyrrole nitrogens is 1. The van der Waals surface area contributed by atoms with Crippen molar-refractivity contribution in [2.75, 3.05) is 0 Å². The Balaban J connectivity index is 1.43. The van der Waals surface area contributed by atoms with Gasteiger partial charge in [0.1, 0.15) is 5.65 Å². The van der Waals surface area contributed by atoms with E-state index >= 15 is 0 Å². The van der Waals surface area contributed by atoms with Crippen LogP contribution in [0.2, 0.25) is 0 Å². The number of halogens is 1. The number of aryl methyl sites for hydroxylation is 3. The van der Waals surface area contributed by atoms with Gasteiger partial charge in [-0.2, -0.15) is 0 Å². The molecule has 0 saturated carbocycles. The Morgan fingerprint density at radius 1 is 0.923 bits per heavy atom. The molecule has 26 heavy (non-hydrogen) atoms. The number of aromatic amines is 1. The van der Waals surface area contributed by atoms with Gasteiger partial charge in [-0.1, -0.05) is 35.9 Å². The quantitative estimate of drug-likeness (QED) is 0.482. The van der Waals surface area contributed by atoms with Gasteiger partial charge >= 0.3 is 0 Å². The highest BCUT2D eigenvalue weighted by atomic mass is 79.9. The predicted octanol–water partition coefficient (Wildman–Crippen LogP) is 5.40. The van der Waals surface area contributed by atoms with Crippen LogP contribution in [0.5, 0.6) is 0 Å². The third-order valence-corrected chi connectivity index (χ3v) is 5.09. The Hall–Kier alpha value is -2.46. The lowest BCUT2D eigenvalue weighted by Gasteiger charge is -2.05. The zero-order valence-corrected chi connectivity index (χ0v) is 16.3. The van der Waals surface area contributed by atoms with Crippen molar-refractivity contribution in [3.63, 3.8) is 0 Å². The maximum atomic E-state index is 4.65. The molecule has 0 aliphatic rings. The summed E-state index contributed by atoms with van der Waals surface area (Å²) in [6.07, 6.45) is 8.68. The molecule has 0 bridgehead atoms. The Morgan fingerprint density at radius 2 is 1.73 bits per heavy atom. The van der Waals surface area contributed by atoms with Gasteiger partial charge in [0, 0.05) is 40.6 Å². The summed E-state index contributed by atoms with van der Waals surface area (Å²) in [6.45, 7) is 2.12. The minimum absolute atomic E-state index is 0.851.